The molecule has 3 heterocycles. The molecule has 25 heavy (non-hydrogen) atoms. The molecule has 120 valence electrons. The number of benzene rings is 1. The quantitative estimate of drug-likeness (QED) is 0.586. The van der Waals surface area contributed by atoms with Gasteiger partial charge >= 0.3 is 0 Å². The van der Waals surface area contributed by atoms with E-state index in [4.69, 9.17) is 4.74 Å². The van der Waals surface area contributed by atoms with Gasteiger partial charge in [-0.3, -0.25) is 0 Å². The molecule has 4 aromatic rings. The second kappa shape index (κ2) is 6.81. The standard InChI is InChI=1S/C19H13N5O/c1-2-5-14(6-3-1)8-9-16-19(25-13-17-20-11-12-21-17)24-15-7-4-10-22-18(15)23-16/h1-7,10-12H,13H2,(H,20,21). The Morgan fingerprint density at radius 1 is 0.920 bits per heavy atom. The van der Waals surface area contributed by atoms with Crippen LogP contribution in [0.3, 0.4) is 0 Å². The first-order valence-electron chi connectivity index (χ1n) is 7.69. The predicted octanol–water partition coefficient (Wildman–Crippen LogP) is 2.73. The third-order valence-corrected chi connectivity index (χ3v) is 3.41. The molecule has 0 aliphatic carbocycles. The lowest BCUT2D eigenvalue weighted by Gasteiger charge is -2.06. The summed E-state index contributed by atoms with van der Waals surface area (Å²) < 4.78 is 5.78. The van der Waals surface area contributed by atoms with Crippen LogP contribution in [0, 0.1) is 11.8 Å². The first kappa shape index (κ1) is 14.8. The molecule has 0 aliphatic heterocycles. The molecular formula is C19H13N5O. The predicted molar refractivity (Wildman–Crippen MR) is 92.7 cm³/mol. The number of aromatic amines is 1. The van der Waals surface area contributed by atoms with Gasteiger partial charge in [0.25, 0.3) is 0 Å². The number of fused-ring (bicyclic) bond motifs is 1. The Bertz CT molecular complexity index is 1050. The van der Waals surface area contributed by atoms with Crippen LogP contribution >= 0.6 is 0 Å². The zero-order chi connectivity index (χ0) is 16.9. The third-order valence-electron chi connectivity index (χ3n) is 3.41. The van der Waals surface area contributed by atoms with Gasteiger partial charge in [0.1, 0.15) is 17.9 Å². The van der Waals surface area contributed by atoms with Gasteiger partial charge in [0.15, 0.2) is 11.3 Å². The lowest BCUT2D eigenvalue weighted by atomic mass is 10.2. The van der Waals surface area contributed by atoms with Gasteiger partial charge in [0, 0.05) is 24.2 Å². The van der Waals surface area contributed by atoms with E-state index in [1.807, 2.05) is 42.5 Å². The Kier molecular flexibility index (Phi) is 4.04. The van der Waals surface area contributed by atoms with Crippen molar-refractivity contribution in [1.29, 1.82) is 0 Å². The highest BCUT2D eigenvalue weighted by Gasteiger charge is 2.10. The van der Waals surface area contributed by atoms with Crippen molar-refractivity contribution >= 4 is 11.2 Å². The van der Waals surface area contributed by atoms with Crippen LogP contribution < -0.4 is 4.74 Å². The first-order valence-corrected chi connectivity index (χ1v) is 7.69. The number of hydrogen-bond acceptors (Lipinski definition) is 5. The summed E-state index contributed by atoms with van der Waals surface area (Å²) in [4.78, 5) is 20.3. The summed E-state index contributed by atoms with van der Waals surface area (Å²) in [5, 5.41) is 0. The number of nitrogens with zero attached hydrogens (tertiary/aromatic N) is 4. The maximum absolute atomic E-state index is 5.78. The molecule has 0 saturated carbocycles. The Balaban J connectivity index is 1.72. The summed E-state index contributed by atoms with van der Waals surface area (Å²) in [7, 11) is 0. The lowest BCUT2D eigenvalue weighted by molar-refractivity contribution is 0.284. The van der Waals surface area contributed by atoms with Gasteiger partial charge in [0.2, 0.25) is 5.88 Å². The molecule has 0 amide bonds. The minimum atomic E-state index is 0.257. The second-order valence-corrected chi connectivity index (χ2v) is 5.16. The van der Waals surface area contributed by atoms with Crippen molar-refractivity contribution in [3.05, 3.63) is 78.1 Å². The van der Waals surface area contributed by atoms with E-state index in [9.17, 15) is 0 Å². The molecule has 0 spiro atoms. The zero-order valence-electron chi connectivity index (χ0n) is 13.2. The number of imidazole rings is 1. The van der Waals surface area contributed by atoms with Gasteiger partial charge < -0.3 is 9.72 Å². The van der Waals surface area contributed by atoms with Crippen molar-refractivity contribution in [3.8, 4) is 17.7 Å². The van der Waals surface area contributed by atoms with E-state index < -0.39 is 0 Å². The van der Waals surface area contributed by atoms with Crippen molar-refractivity contribution in [2.24, 2.45) is 0 Å². The third kappa shape index (κ3) is 3.46. The number of ether oxygens (including phenoxy) is 1. The van der Waals surface area contributed by atoms with E-state index in [2.05, 4.69) is 36.8 Å². The van der Waals surface area contributed by atoms with E-state index in [-0.39, 0.29) is 6.61 Å². The molecular weight excluding hydrogens is 314 g/mol. The summed E-state index contributed by atoms with van der Waals surface area (Å²) >= 11 is 0. The molecule has 1 N–H and O–H groups in total. The van der Waals surface area contributed by atoms with Gasteiger partial charge in [-0.1, -0.05) is 24.1 Å². The Morgan fingerprint density at radius 3 is 2.68 bits per heavy atom. The molecule has 0 saturated heterocycles. The molecule has 6 heteroatoms. The molecule has 0 fully saturated rings. The van der Waals surface area contributed by atoms with E-state index in [1.165, 1.54) is 0 Å². The van der Waals surface area contributed by atoms with Gasteiger partial charge in [0.05, 0.1) is 0 Å². The van der Waals surface area contributed by atoms with Crippen LogP contribution in [0.4, 0.5) is 0 Å². The van der Waals surface area contributed by atoms with E-state index >= 15 is 0 Å². The number of nitrogens with one attached hydrogen (secondary N) is 1. The maximum atomic E-state index is 5.78. The summed E-state index contributed by atoms with van der Waals surface area (Å²) in [5.41, 5.74) is 2.52. The van der Waals surface area contributed by atoms with Crippen LogP contribution in [0.15, 0.2) is 61.1 Å². The summed E-state index contributed by atoms with van der Waals surface area (Å²) in [6.45, 7) is 0.257. The zero-order valence-corrected chi connectivity index (χ0v) is 13.2. The largest absolute Gasteiger partial charge is 0.467 e. The van der Waals surface area contributed by atoms with Crippen molar-refractivity contribution < 1.29 is 4.74 Å². The summed E-state index contributed by atoms with van der Waals surface area (Å²) in [5.74, 6) is 7.17. The highest BCUT2D eigenvalue weighted by Crippen LogP contribution is 2.18. The van der Waals surface area contributed by atoms with Crippen molar-refractivity contribution in [2.75, 3.05) is 0 Å². The Morgan fingerprint density at radius 2 is 1.84 bits per heavy atom. The monoisotopic (exact) mass is 327 g/mol. The molecule has 4 rings (SSSR count). The normalized spacial score (nSPS) is 10.2. The smallest absolute Gasteiger partial charge is 0.250 e. The highest BCUT2D eigenvalue weighted by atomic mass is 16.5. The number of pyridine rings is 1. The average Bonchev–Trinajstić information content (AvgIpc) is 3.19. The Hall–Kier alpha value is -3.72. The molecule has 6 nitrogen and oxygen atoms in total. The maximum Gasteiger partial charge on any atom is 0.250 e. The molecule has 0 unspecified atom stereocenters. The van der Waals surface area contributed by atoms with E-state index in [1.54, 1.807) is 18.6 Å². The molecule has 3 aromatic heterocycles. The molecule has 0 radical (unpaired) electrons. The molecule has 1 aromatic carbocycles. The summed E-state index contributed by atoms with van der Waals surface area (Å²) in [6, 6.07) is 13.3. The van der Waals surface area contributed by atoms with E-state index in [0.717, 1.165) is 5.56 Å². The van der Waals surface area contributed by atoms with Gasteiger partial charge in [-0.2, -0.15) is 0 Å². The second-order valence-electron chi connectivity index (χ2n) is 5.16. The first-order chi connectivity index (χ1) is 12.4. The van der Waals surface area contributed by atoms with Crippen LogP contribution in [0.1, 0.15) is 17.1 Å². The number of rotatable bonds is 3. The van der Waals surface area contributed by atoms with Crippen LogP contribution in [0.2, 0.25) is 0 Å². The minimum Gasteiger partial charge on any atom is -0.467 e. The fraction of sp³-hybridized carbons (Fsp3) is 0.0526. The van der Waals surface area contributed by atoms with Gasteiger partial charge in [-0.05, 0) is 30.2 Å². The average molecular weight is 327 g/mol. The van der Waals surface area contributed by atoms with E-state index in [0.29, 0.717) is 28.6 Å². The fourth-order valence-electron chi connectivity index (χ4n) is 2.23. The molecule has 0 atom stereocenters. The van der Waals surface area contributed by atoms with Crippen LogP contribution in [0.25, 0.3) is 11.2 Å². The number of H-pyrrole nitrogens is 1. The molecule has 0 aliphatic rings. The SMILES string of the molecule is C(#Cc1nc2ncccc2nc1OCc1ncc[nH]1)c1ccccc1. The minimum absolute atomic E-state index is 0.257. The fourth-order valence-corrected chi connectivity index (χ4v) is 2.23. The van der Waals surface area contributed by atoms with Crippen molar-refractivity contribution in [2.45, 2.75) is 6.61 Å². The lowest BCUT2D eigenvalue weighted by Crippen LogP contribution is -2.03. The van der Waals surface area contributed by atoms with Gasteiger partial charge in [-0.15, -0.1) is 0 Å². The van der Waals surface area contributed by atoms with Gasteiger partial charge in [-0.25, -0.2) is 19.9 Å². The molecule has 0 bridgehead atoms. The topological polar surface area (TPSA) is 76.6 Å². The van der Waals surface area contributed by atoms with Crippen molar-refractivity contribution in [3.63, 3.8) is 0 Å². The highest BCUT2D eigenvalue weighted by molar-refractivity contribution is 5.71. The summed E-state index contributed by atoms with van der Waals surface area (Å²) in [6.07, 6.45) is 5.09. The Labute approximate surface area is 144 Å². The van der Waals surface area contributed by atoms with Crippen molar-refractivity contribution in [1.82, 2.24) is 24.9 Å². The number of hydrogen-bond donors (Lipinski definition) is 1. The van der Waals surface area contributed by atoms with Crippen LogP contribution in [0.5, 0.6) is 5.88 Å². The number of aromatic nitrogens is 5. The van der Waals surface area contributed by atoms with Crippen LogP contribution in [-0.2, 0) is 6.61 Å². The van der Waals surface area contributed by atoms with Crippen LogP contribution in [-0.4, -0.2) is 24.9 Å².